The van der Waals surface area contributed by atoms with Gasteiger partial charge in [-0.1, -0.05) is 6.07 Å². The van der Waals surface area contributed by atoms with Gasteiger partial charge < -0.3 is 35.3 Å². The fourth-order valence-electron chi connectivity index (χ4n) is 3.17. The number of likely N-dealkylation sites (tertiary alicyclic amines) is 1. The van der Waals surface area contributed by atoms with E-state index in [-0.39, 0.29) is 67.4 Å². The molecule has 2 aliphatic rings. The van der Waals surface area contributed by atoms with E-state index in [1.807, 2.05) is 0 Å². The molecule has 12 heteroatoms. The van der Waals surface area contributed by atoms with Crippen LogP contribution in [0.15, 0.2) is 12.1 Å². The van der Waals surface area contributed by atoms with Gasteiger partial charge in [0, 0.05) is 6.42 Å². The quantitative estimate of drug-likeness (QED) is 0.438. The number of amides is 1. The normalized spacial score (nSPS) is 16.6. The molecule has 0 bridgehead atoms. The molecule has 1 aromatic carbocycles. The zero-order chi connectivity index (χ0) is 20.4. The summed E-state index contributed by atoms with van der Waals surface area (Å²) in [7, 11) is -1.06. The number of aromatic carboxylic acids is 1. The summed E-state index contributed by atoms with van der Waals surface area (Å²) in [5.41, 5.74) is 5.93. The Morgan fingerprint density at radius 3 is 2.62 bits per heavy atom. The molecule has 3 rings (SSSR count). The third kappa shape index (κ3) is 5.11. The van der Waals surface area contributed by atoms with Crippen molar-refractivity contribution in [2.24, 2.45) is 5.73 Å². The number of hydrogen-bond acceptors (Lipinski definition) is 7. The fraction of sp³-hybridized carbons (Fsp3) is 0.471. The van der Waals surface area contributed by atoms with E-state index < -0.39 is 25.1 Å². The van der Waals surface area contributed by atoms with Gasteiger partial charge in [0.1, 0.15) is 29.2 Å². The maximum absolute atomic E-state index is 12.0. The van der Waals surface area contributed by atoms with Crippen LogP contribution >= 0.6 is 12.4 Å². The highest BCUT2D eigenvalue weighted by Crippen LogP contribution is 2.37. The van der Waals surface area contributed by atoms with E-state index in [2.05, 4.69) is 0 Å². The summed E-state index contributed by atoms with van der Waals surface area (Å²) in [6, 6.07) is 2.18. The number of aryl methyl sites for hydroxylation is 1. The van der Waals surface area contributed by atoms with Gasteiger partial charge in [-0.3, -0.25) is 9.59 Å². The average Bonchev–Trinajstić information content (AvgIpc) is 2.60. The number of ether oxygens (including phenoxy) is 1. The summed E-state index contributed by atoms with van der Waals surface area (Å²) in [6.07, 6.45) is 0.565. The highest BCUT2D eigenvalue weighted by atomic mass is 35.5. The Kier molecular flexibility index (Phi) is 7.34. The molecule has 158 valence electrons. The summed E-state index contributed by atoms with van der Waals surface area (Å²) in [5.74, 6) is -2.38. The number of carbonyl (C=O) groups excluding carboxylic acids is 1. The maximum atomic E-state index is 12.0. The molecule has 29 heavy (non-hydrogen) atoms. The van der Waals surface area contributed by atoms with Crippen molar-refractivity contribution >= 4 is 37.4 Å². The summed E-state index contributed by atoms with van der Waals surface area (Å²) in [5, 5.41) is 28.0. The number of halogens is 1. The zero-order valence-corrected chi connectivity index (χ0v) is 16.3. The molecule has 2 aliphatic heterocycles. The van der Waals surface area contributed by atoms with Crippen molar-refractivity contribution in [3.63, 3.8) is 0 Å². The van der Waals surface area contributed by atoms with Gasteiger partial charge in [0.05, 0.1) is 13.1 Å². The Hall–Kier alpha value is -2.50. The van der Waals surface area contributed by atoms with Gasteiger partial charge >= 0.3 is 19.1 Å². The van der Waals surface area contributed by atoms with Crippen LogP contribution in [0.4, 0.5) is 0 Å². The summed E-state index contributed by atoms with van der Waals surface area (Å²) >= 11 is 0. The molecule has 1 fully saturated rings. The van der Waals surface area contributed by atoms with Gasteiger partial charge in [0.25, 0.3) is 0 Å². The second kappa shape index (κ2) is 9.34. The lowest BCUT2D eigenvalue weighted by Gasteiger charge is -2.39. The van der Waals surface area contributed by atoms with Crippen LogP contribution in [0.25, 0.3) is 0 Å². The lowest BCUT2D eigenvalue weighted by atomic mass is 9.78. The second-order valence-electron chi connectivity index (χ2n) is 6.87. The van der Waals surface area contributed by atoms with E-state index in [9.17, 15) is 24.5 Å². The summed E-state index contributed by atoms with van der Waals surface area (Å²) in [4.78, 5) is 35.9. The lowest BCUT2D eigenvalue weighted by molar-refractivity contribution is -0.141. The molecule has 5 N–H and O–H groups in total. The monoisotopic (exact) mass is 428 g/mol. The average molecular weight is 429 g/mol. The third-order valence-electron chi connectivity index (χ3n) is 4.81. The van der Waals surface area contributed by atoms with Crippen molar-refractivity contribution in [2.75, 3.05) is 13.1 Å². The number of nitrogens with zero attached hydrogens (tertiary/aromatic N) is 1. The van der Waals surface area contributed by atoms with Gasteiger partial charge in [0.15, 0.2) is 0 Å². The number of carbonyl (C=O) groups is 3. The number of carboxylic acids is 2. The van der Waals surface area contributed by atoms with Crippen molar-refractivity contribution in [2.45, 2.75) is 37.7 Å². The molecule has 0 spiro atoms. The standard InChI is InChI=1S/C17H21BN2O8.ClH/c19-11(16(22)23)2-4-13(21)20-7-10(8-20)27-12-3-1-9-5-6-18(26)28-15(9)14(12)17(24)25;/h1,3,10-11,26H,2,4-8,19H2,(H,22,23)(H,24,25);1H/t11-;/m0./s1. The van der Waals surface area contributed by atoms with Gasteiger partial charge in [0.2, 0.25) is 5.91 Å². The highest BCUT2D eigenvalue weighted by Gasteiger charge is 2.35. The topological polar surface area (TPSA) is 160 Å². The Labute approximate surface area is 173 Å². The summed E-state index contributed by atoms with van der Waals surface area (Å²) < 4.78 is 11.0. The van der Waals surface area contributed by atoms with Crippen molar-refractivity contribution in [1.82, 2.24) is 4.90 Å². The van der Waals surface area contributed by atoms with Gasteiger partial charge in [-0.25, -0.2) is 4.79 Å². The van der Waals surface area contributed by atoms with Gasteiger partial charge in [-0.05, 0) is 30.8 Å². The van der Waals surface area contributed by atoms with E-state index in [1.165, 1.54) is 4.90 Å². The SMILES string of the molecule is Cl.N[C@@H](CCC(=O)N1CC(Oc2ccc3c(c2C(=O)O)OB(O)CC3)C1)C(=O)O. The first-order valence-corrected chi connectivity index (χ1v) is 8.93. The first kappa shape index (κ1) is 22.8. The highest BCUT2D eigenvalue weighted by molar-refractivity contribution is 6.44. The Bertz CT molecular complexity index is 802. The molecule has 1 amide bonds. The number of benzene rings is 1. The molecule has 0 aromatic heterocycles. The Morgan fingerprint density at radius 2 is 2.00 bits per heavy atom. The van der Waals surface area contributed by atoms with Crippen LogP contribution in [0.1, 0.15) is 28.8 Å². The van der Waals surface area contributed by atoms with Gasteiger partial charge in [-0.15, -0.1) is 12.4 Å². The Balaban J connectivity index is 0.00000300. The van der Waals surface area contributed by atoms with Crippen molar-refractivity contribution in [3.05, 3.63) is 23.3 Å². The third-order valence-corrected chi connectivity index (χ3v) is 4.81. The molecule has 2 heterocycles. The number of nitrogens with two attached hydrogens (primary N) is 1. The lowest BCUT2D eigenvalue weighted by Crippen LogP contribution is -2.56. The number of fused-ring (bicyclic) bond motifs is 1. The predicted octanol–water partition coefficient (Wildman–Crippen LogP) is 0.00370. The second-order valence-corrected chi connectivity index (χ2v) is 6.87. The van der Waals surface area contributed by atoms with Crippen LogP contribution in [-0.4, -0.2) is 70.3 Å². The maximum Gasteiger partial charge on any atom is 0.522 e. The van der Waals surface area contributed by atoms with Gasteiger partial charge in [-0.2, -0.15) is 0 Å². The molecule has 0 radical (unpaired) electrons. The van der Waals surface area contributed by atoms with E-state index >= 15 is 0 Å². The zero-order valence-electron chi connectivity index (χ0n) is 15.4. The smallest absolute Gasteiger partial charge is 0.522 e. The summed E-state index contributed by atoms with van der Waals surface area (Å²) in [6.45, 7) is 0.529. The minimum absolute atomic E-state index is 0. The minimum atomic E-state index is -1.23. The molecular formula is C17H22BClN2O8. The molecule has 0 saturated carbocycles. The van der Waals surface area contributed by atoms with Crippen LogP contribution < -0.4 is 15.1 Å². The molecule has 0 unspecified atom stereocenters. The van der Waals surface area contributed by atoms with Crippen LogP contribution in [0, 0.1) is 0 Å². The van der Waals surface area contributed by atoms with Crippen LogP contribution in [0.5, 0.6) is 11.5 Å². The number of hydrogen-bond donors (Lipinski definition) is 4. The molecular weight excluding hydrogens is 406 g/mol. The molecule has 1 atom stereocenters. The largest absolute Gasteiger partial charge is 0.535 e. The first-order valence-electron chi connectivity index (χ1n) is 8.93. The van der Waals surface area contributed by atoms with E-state index in [0.717, 1.165) is 0 Å². The van der Waals surface area contributed by atoms with E-state index in [0.29, 0.717) is 18.3 Å². The van der Waals surface area contributed by atoms with Crippen LogP contribution in [0.2, 0.25) is 6.32 Å². The molecule has 0 aliphatic carbocycles. The number of rotatable bonds is 7. The molecule has 1 aromatic rings. The predicted molar refractivity (Wildman–Crippen MR) is 104 cm³/mol. The number of aliphatic carboxylic acids is 1. The van der Waals surface area contributed by atoms with Crippen molar-refractivity contribution in [3.8, 4) is 11.5 Å². The molecule has 10 nitrogen and oxygen atoms in total. The Morgan fingerprint density at radius 1 is 1.31 bits per heavy atom. The fourth-order valence-corrected chi connectivity index (χ4v) is 3.17. The van der Waals surface area contributed by atoms with Crippen molar-refractivity contribution in [1.29, 1.82) is 0 Å². The van der Waals surface area contributed by atoms with Crippen LogP contribution in [0.3, 0.4) is 0 Å². The number of carboxylic acid groups (broad SMARTS) is 2. The van der Waals surface area contributed by atoms with E-state index in [1.54, 1.807) is 12.1 Å². The van der Waals surface area contributed by atoms with Crippen LogP contribution in [-0.2, 0) is 16.0 Å². The van der Waals surface area contributed by atoms with E-state index in [4.69, 9.17) is 20.2 Å². The first-order chi connectivity index (χ1) is 13.3. The van der Waals surface area contributed by atoms with Crippen molar-refractivity contribution < 1.29 is 39.0 Å². The molecule has 1 saturated heterocycles. The minimum Gasteiger partial charge on any atom is -0.535 e.